The van der Waals surface area contributed by atoms with Crippen LogP contribution in [0.2, 0.25) is 0 Å². The van der Waals surface area contributed by atoms with Gasteiger partial charge in [0, 0.05) is 4.90 Å². The normalized spacial score (nSPS) is 17.2. The molecular formula is C10H13ClNNaO4S. The Kier molecular flexibility index (Phi) is 8.66. The zero-order valence-electron chi connectivity index (χ0n) is 10.2. The van der Waals surface area contributed by atoms with E-state index < -0.39 is 10.0 Å². The molecule has 0 spiro atoms. The van der Waals surface area contributed by atoms with Crippen LogP contribution >= 0.6 is 11.8 Å². The number of epoxide rings is 1. The van der Waals surface area contributed by atoms with Gasteiger partial charge in [-0.1, -0.05) is 17.7 Å². The molecular weight excluding hydrogens is 289 g/mol. The first-order chi connectivity index (χ1) is 7.99. The van der Waals surface area contributed by atoms with Gasteiger partial charge < -0.3 is 14.1 Å². The second-order valence-corrected chi connectivity index (χ2v) is 5.47. The van der Waals surface area contributed by atoms with Crippen molar-refractivity contribution < 1.29 is 47.8 Å². The number of sulfonamides is 1. The molecule has 96 valence electrons. The maximum absolute atomic E-state index is 11.0. The smallest absolute Gasteiger partial charge is 0.458 e. The molecule has 2 rings (SSSR count). The summed E-state index contributed by atoms with van der Waals surface area (Å²) in [6.07, 6.45) is 0.190. The average molecular weight is 302 g/mol. The number of hydrogen-bond acceptors (Lipinski definition) is 4. The zero-order chi connectivity index (χ0) is 12.9. The first kappa shape index (κ1) is 18.3. The van der Waals surface area contributed by atoms with Crippen molar-refractivity contribution in [2.45, 2.75) is 17.9 Å². The Labute approximate surface area is 134 Å². The Hall–Kier alpha value is 0.340. The molecule has 18 heavy (non-hydrogen) atoms. The van der Waals surface area contributed by atoms with Crippen LogP contribution in [0.25, 0.3) is 4.24 Å². The summed E-state index contributed by atoms with van der Waals surface area (Å²) >= 11 is 4.90. The monoisotopic (exact) mass is 301 g/mol. The SMILES string of the molecule is Cc1ccc(S(=O)(=O)[N-]Cl)cc1.OCC1CO1.[Na+]. The van der Waals surface area contributed by atoms with E-state index in [0.29, 0.717) is 0 Å². The molecule has 0 radical (unpaired) electrons. The zero-order valence-corrected chi connectivity index (χ0v) is 13.8. The third-order valence-electron chi connectivity index (χ3n) is 2.02. The van der Waals surface area contributed by atoms with Crippen LogP contribution in [0.4, 0.5) is 0 Å². The van der Waals surface area contributed by atoms with Crippen molar-refractivity contribution in [3.05, 3.63) is 34.1 Å². The Morgan fingerprint density at radius 2 is 1.94 bits per heavy atom. The Balaban J connectivity index is 0.000000405. The minimum atomic E-state index is -3.62. The molecule has 0 bridgehead atoms. The van der Waals surface area contributed by atoms with Crippen molar-refractivity contribution in [1.82, 2.24) is 0 Å². The van der Waals surface area contributed by atoms with Crippen LogP contribution in [0.3, 0.4) is 0 Å². The summed E-state index contributed by atoms with van der Waals surface area (Å²) in [5.41, 5.74) is 0.989. The molecule has 0 amide bonds. The number of benzene rings is 1. The topological polar surface area (TPSA) is 81.0 Å². The molecule has 1 unspecified atom stereocenters. The first-order valence-electron chi connectivity index (χ1n) is 4.87. The van der Waals surface area contributed by atoms with Crippen molar-refractivity contribution in [3.63, 3.8) is 0 Å². The molecule has 1 saturated heterocycles. The van der Waals surface area contributed by atoms with Crippen LogP contribution in [0.5, 0.6) is 0 Å². The largest absolute Gasteiger partial charge is 1.00 e. The van der Waals surface area contributed by atoms with Crippen LogP contribution in [0, 0.1) is 6.92 Å². The van der Waals surface area contributed by atoms with Gasteiger partial charge >= 0.3 is 29.6 Å². The summed E-state index contributed by atoms with van der Waals surface area (Å²) in [5, 5.41) is 8.08. The van der Waals surface area contributed by atoms with Gasteiger partial charge in [-0.3, -0.25) is 11.8 Å². The van der Waals surface area contributed by atoms with E-state index in [1.54, 1.807) is 12.1 Å². The Morgan fingerprint density at radius 1 is 1.44 bits per heavy atom. The van der Waals surface area contributed by atoms with E-state index in [2.05, 4.69) is 8.98 Å². The van der Waals surface area contributed by atoms with Gasteiger partial charge in [-0.15, -0.1) is 0 Å². The van der Waals surface area contributed by atoms with Gasteiger partial charge in [-0.25, -0.2) is 8.42 Å². The summed E-state index contributed by atoms with van der Waals surface area (Å²) in [6.45, 7) is 2.82. The van der Waals surface area contributed by atoms with Gasteiger partial charge in [-0.2, -0.15) is 0 Å². The van der Waals surface area contributed by atoms with Gasteiger partial charge in [-0.05, 0) is 19.1 Å². The van der Waals surface area contributed by atoms with Crippen LogP contribution < -0.4 is 29.6 Å². The number of halogens is 1. The molecule has 1 aromatic rings. The molecule has 0 aromatic heterocycles. The summed E-state index contributed by atoms with van der Waals surface area (Å²) < 4.78 is 29.4. The molecule has 1 N–H and O–H groups in total. The number of ether oxygens (including phenoxy) is 1. The van der Waals surface area contributed by atoms with Crippen molar-refractivity contribution in [2.24, 2.45) is 0 Å². The second-order valence-electron chi connectivity index (χ2n) is 3.50. The number of aliphatic hydroxyl groups is 1. The van der Waals surface area contributed by atoms with Gasteiger partial charge in [0.25, 0.3) is 0 Å². The maximum atomic E-state index is 11.0. The summed E-state index contributed by atoms with van der Waals surface area (Å²) in [4.78, 5) is 0.114. The summed E-state index contributed by atoms with van der Waals surface area (Å²) in [5.74, 6) is 0. The number of nitrogens with zero attached hydrogens (tertiary/aromatic N) is 1. The van der Waals surface area contributed by atoms with Gasteiger partial charge in [0.05, 0.1) is 13.2 Å². The molecule has 0 saturated carbocycles. The van der Waals surface area contributed by atoms with E-state index in [9.17, 15) is 8.42 Å². The third kappa shape index (κ3) is 6.49. The summed E-state index contributed by atoms with van der Waals surface area (Å²) in [6, 6.07) is 6.32. The molecule has 1 aliphatic rings. The number of aliphatic hydroxyl groups excluding tert-OH is 1. The molecule has 1 fully saturated rings. The van der Waals surface area contributed by atoms with Crippen LogP contribution in [0.1, 0.15) is 5.56 Å². The van der Waals surface area contributed by atoms with Gasteiger partial charge in [0.2, 0.25) is 0 Å². The van der Waals surface area contributed by atoms with E-state index in [4.69, 9.17) is 16.9 Å². The molecule has 0 aliphatic carbocycles. The third-order valence-corrected chi connectivity index (χ3v) is 3.61. The Bertz CT molecular complexity index is 447. The van der Waals surface area contributed by atoms with Crippen LogP contribution in [-0.2, 0) is 14.8 Å². The van der Waals surface area contributed by atoms with Gasteiger partial charge in [0.15, 0.2) is 0 Å². The molecule has 1 aromatic carbocycles. The first-order valence-corrected chi connectivity index (χ1v) is 6.65. The maximum Gasteiger partial charge on any atom is 1.00 e. The fourth-order valence-electron chi connectivity index (χ4n) is 0.924. The van der Waals surface area contributed by atoms with Crippen LogP contribution in [-0.4, -0.2) is 32.8 Å². The molecule has 1 aliphatic heterocycles. The van der Waals surface area contributed by atoms with Crippen molar-refractivity contribution in [2.75, 3.05) is 13.2 Å². The minimum Gasteiger partial charge on any atom is -0.458 e. The molecule has 1 atom stereocenters. The van der Waals surface area contributed by atoms with E-state index >= 15 is 0 Å². The van der Waals surface area contributed by atoms with Crippen molar-refractivity contribution in [3.8, 4) is 0 Å². The van der Waals surface area contributed by atoms with Crippen LogP contribution in [0.15, 0.2) is 29.2 Å². The second kappa shape index (κ2) is 8.50. The predicted molar refractivity (Wildman–Crippen MR) is 64.4 cm³/mol. The minimum absolute atomic E-state index is 0. The van der Waals surface area contributed by atoms with Crippen molar-refractivity contribution >= 4 is 21.8 Å². The van der Waals surface area contributed by atoms with Gasteiger partial charge in [0.1, 0.15) is 16.1 Å². The summed E-state index contributed by atoms with van der Waals surface area (Å²) in [7, 11) is -3.62. The average Bonchev–Trinajstić information content (AvgIpc) is 3.14. The number of hydrogen-bond donors (Lipinski definition) is 1. The fourth-order valence-corrected chi connectivity index (χ4v) is 1.72. The van der Waals surface area contributed by atoms with Crippen molar-refractivity contribution in [1.29, 1.82) is 0 Å². The quantitative estimate of drug-likeness (QED) is 0.549. The Morgan fingerprint density at radius 3 is 2.22 bits per heavy atom. The van der Waals surface area contributed by atoms with E-state index in [1.807, 2.05) is 6.92 Å². The van der Waals surface area contributed by atoms with E-state index in [-0.39, 0.29) is 47.2 Å². The molecule has 8 heteroatoms. The number of aryl methyl sites for hydroxylation is 1. The number of rotatable bonds is 3. The van der Waals surface area contributed by atoms with E-state index in [1.165, 1.54) is 12.1 Å². The standard InChI is InChI=1S/C7H7ClNO2S.C3H6O2.Na/c1-6-2-4-7(5-3-6)12(10,11)9-8;4-1-3-2-5-3;/h2-5H,1H3;3-4H,1-2H2;/q-1;;+1. The fraction of sp³-hybridized carbons (Fsp3) is 0.400. The molecule has 5 nitrogen and oxygen atoms in total. The predicted octanol–water partition coefficient (Wildman–Crippen LogP) is -1.41. The van der Waals surface area contributed by atoms with E-state index in [0.717, 1.165) is 12.2 Å². The molecule has 1 heterocycles.